The lowest BCUT2D eigenvalue weighted by Gasteiger charge is -2.14. The van der Waals surface area contributed by atoms with E-state index in [-0.39, 0.29) is 5.56 Å². The fourth-order valence-corrected chi connectivity index (χ4v) is 5.71. The normalized spacial score (nSPS) is 13.5. The summed E-state index contributed by atoms with van der Waals surface area (Å²) in [7, 11) is 0. The third-order valence-corrected chi connectivity index (χ3v) is 7.21. The predicted molar refractivity (Wildman–Crippen MR) is 114 cm³/mol. The minimum absolute atomic E-state index is 0.0646. The molecule has 0 N–H and O–H groups in total. The number of hydrogen-bond donors (Lipinski definition) is 0. The molecule has 0 saturated heterocycles. The van der Waals surface area contributed by atoms with Gasteiger partial charge in [-0.3, -0.25) is 9.36 Å². The van der Waals surface area contributed by atoms with Crippen LogP contribution in [0, 0.1) is 5.92 Å². The molecule has 0 bridgehead atoms. The van der Waals surface area contributed by atoms with E-state index < -0.39 is 0 Å². The van der Waals surface area contributed by atoms with Crippen molar-refractivity contribution >= 4 is 33.3 Å². The van der Waals surface area contributed by atoms with Crippen molar-refractivity contribution in [2.75, 3.05) is 12.4 Å². The van der Waals surface area contributed by atoms with E-state index in [4.69, 9.17) is 9.72 Å². The van der Waals surface area contributed by atoms with E-state index in [0.29, 0.717) is 12.5 Å². The van der Waals surface area contributed by atoms with E-state index in [9.17, 15) is 4.79 Å². The van der Waals surface area contributed by atoms with E-state index in [0.717, 1.165) is 51.8 Å². The molecule has 0 spiro atoms. The van der Waals surface area contributed by atoms with Gasteiger partial charge in [0.1, 0.15) is 10.6 Å². The summed E-state index contributed by atoms with van der Waals surface area (Å²) in [6.45, 7) is 6.96. The number of aryl methyl sites for hydroxylation is 2. The fourth-order valence-electron chi connectivity index (χ4n) is 3.45. The van der Waals surface area contributed by atoms with E-state index in [1.54, 1.807) is 27.7 Å². The molecule has 2 heterocycles. The third kappa shape index (κ3) is 3.52. The topological polar surface area (TPSA) is 44.1 Å². The van der Waals surface area contributed by atoms with Crippen molar-refractivity contribution in [2.45, 2.75) is 45.2 Å². The zero-order valence-corrected chi connectivity index (χ0v) is 17.6. The van der Waals surface area contributed by atoms with Crippen LogP contribution in [-0.2, 0) is 12.8 Å². The fraction of sp³-hybridized carbons (Fsp3) is 0.429. The molecule has 4 rings (SSSR count). The Morgan fingerprint density at radius 3 is 2.74 bits per heavy atom. The lowest BCUT2D eigenvalue weighted by molar-refractivity contribution is 0.340. The van der Waals surface area contributed by atoms with Crippen molar-refractivity contribution in [1.82, 2.24) is 9.55 Å². The van der Waals surface area contributed by atoms with Gasteiger partial charge in [0.25, 0.3) is 5.56 Å². The first-order chi connectivity index (χ1) is 13.1. The zero-order chi connectivity index (χ0) is 19.0. The first-order valence-electron chi connectivity index (χ1n) is 9.51. The van der Waals surface area contributed by atoms with Crippen LogP contribution < -0.4 is 10.3 Å². The van der Waals surface area contributed by atoms with Crippen LogP contribution in [0.2, 0.25) is 0 Å². The Morgan fingerprint density at radius 2 is 2.04 bits per heavy atom. The summed E-state index contributed by atoms with van der Waals surface area (Å²) in [6.07, 6.45) is 3.21. The molecule has 0 atom stereocenters. The number of thioether (sulfide) groups is 1. The van der Waals surface area contributed by atoms with Crippen LogP contribution in [0.1, 0.15) is 37.6 Å². The largest absolute Gasteiger partial charge is 0.494 e. The Kier molecular flexibility index (Phi) is 5.28. The molecule has 0 radical (unpaired) electrons. The second-order valence-corrected chi connectivity index (χ2v) is 9.27. The van der Waals surface area contributed by atoms with Gasteiger partial charge in [-0.2, -0.15) is 0 Å². The van der Waals surface area contributed by atoms with Gasteiger partial charge in [0.15, 0.2) is 5.16 Å². The summed E-state index contributed by atoms with van der Waals surface area (Å²) in [5, 5.41) is 1.61. The Bertz CT molecular complexity index is 1020. The minimum atomic E-state index is 0.0646. The molecule has 27 heavy (non-hydrogen) atoms. The van der Waals surface area contributed by atoms with Crippen molar-refractivity contribution in [2.24, 2.45) is 5.92 Å². The maximum Gasteiger partial charge on any atom is 0.267 e. The quantitative estimate of drug-likeness (QED) is 0.427. The third-order valence-electron chi connectivity index (χ3n) is 4.66. The Balaban J connectivity index is 1.88. The zero-order valence-electron chi connectivity index (χ0n) is 15.9. The van der Waals surface area contributed by atoms with Crippen LogP contribution in [0.15, 0.2) is 34.2 Å². The van der Waals surface area contributed by atoms with E-state index in [1.165, 1.54) is 10.4 Å². The number of nitrogens with zero attached hydrogens (tertiary/aromatic N) is 2. The summed E-state index contributed by atoms with van der Waals surface area (Å²) in [6, 6.07) is 7.74. The molecule has 0 amide bonds. The molecule has 142 valence electrons. The Morgan fingerprint density at radius 1 is 1.26 bits per heavy atom. The van der Waals surface area contributed by atoms with Crippen molar-refractivity contribution in [3.05, 3.63) is 45.1 Å². The number of thiophene rings is 1. The van der Waals surface area contributed by atoms with Crippen LogP contribution in [0.3, 0.4) is 0 Å². The lowest BCUT2D eigenvalue weighted by atomic mass is 10.2. The van der Waals surface area contributed by atoms with Crippen molar-refractivity contribution < 1.29 is 4.74 Å². The minimum Gasteiger partial charge on any atom is -0.494 e. The molecular weight excluding hydrogens is 376 g/mol. The molecule has 1 aromatic carbocycles. The summed E-state index contributed by atoms with van der Waals surface area (Å²) in [5.41, 5.74) is 2.14. The van der Waals surface area contributed by atoms with Crippen molar-refractivity contribution in [1.29, 1.82) is 0 Å². The standard InChI is InChI=1S/C21H24N2O2S2/c1-4-25-15-10-8-14(9-11-15)23-20(24)18-16-6-5-7-17(16)27-19(18)22-21(23)26-12-13(2)3/h8-11,13H,4-7,12H2,1-3H3. The van der Waals surface area contributed by atoms with Crippen LogP contribution in [-0.4, -0.2) is 21.9 Å². The molecule has 1 aliphatic rings. The van der Waals surface area contributed by atoms with Gasteiger partial charge in [-0.1, -0.05) is 25.6 Å². The first kappa shape index (κ1) is 18.6. The van der Waals surface area contributed by atoms with Gasteiger partial charge in [-0.15, -0.1) is 11.3 Å². The van der Waals surface area contributed by atoms with Gasteiger partial charge in [0.2, 0.25) is 0 Å². The summed E-state index contributed by atoms with van der Waals surface area (Å²) >= 11 is 3.37. The van der Waals surface area contributed by atoms with Crippen LogP contribution in [0.4, 0.5) is 0 Å². The second kappa shape index (κ2) is 7.68. The molecular formula is C21H24N2O2S2. The highest BCUT2D eigenvalue weighted by atomic mass is 32.2. The average molecular weight is 401 g/mol. The van der Waals surface area contributed by atoms with Gasteiger partial charge >= 0.3 is 0 Å². The molecule has 6 heteroatoms. The lowest BCUT2D eigenvalue weighted by Crippen LogP contribution is -2.22. The number of ether oxygens (including phenoxy) is 1. The number of rotatable bonds is 6. The smallest absolute Gasteiger partial charge is 0.267 e. The van der Waals surface area contributed by atoms with Crippen molar-refractivity contribution in [3.8, 4) is 11.4 Å². The van der Waals surface area contributed by atoms with Gasteiger partial charge in [-0.05, 0) is 61.9 Å². The second-order valence-electron chi connectivity index (χ2n) is 7.20. The van der Waals surface area contributed by atoms with E-state index in [1.807, 2.05) is 31.2 Å². The van der Waals surface area contributed by atoms with Gasteiger partial charge in [-0.25, -0.2) is 4.98 Å². The molecule has 2 aromatic heterocycles. The van der Waals surface area contributed by atoms with Gasteiger partial charge in [0.05, 0.1) is 17.7 Å². The van der Waals surface area contributed by atoms with E-state index in [2.05, 4.69) is 13.8 Å². The first-order valence-corrected chi connectivity index (χ1v) is 11.3. The maximum absolute atomic E-state index is 13.5. The molecule has 1 aliphatic carbocycles. The van der Waals surface area contributed by atoms with Crippen LogP contribution in [0.25, 0.3) is 15.9 Å². The number of aromatic nitrogens is 2. The molecule has 0 fully saturated rings. The van der Waals surface area contributed by atoms with Crippen molar-refractivity contribution in [3.63, 3.8) is 0 Å². The SMILES string of the molecule is CCOc1ccc(-n2c(SCC(C)C)nc3sc4c(c3c2=O)CCC4)cc1. The number of benzene rings is 1. The maximum atomic E-state index is 13.5. The monoisotopic (exact) mass is 400 g/mol. The predicted octanol–water partition coefficient (Wildman–Crippen LogP) is 5.08. The van der Waals surface area contributed by atoms with Crippen LogP contribution in [0.5, 0.6) is 5.75 Å². The highest BCUT2D eigenvalue weighted by Gasteiger charge is 2.24. The van der Waals surface area contributed by atoms with E-state index >= 15 is 0 Å². The summed E-state index contributed by atoms with van der Waals surface area (Å²) in [4.78, 5) is 20.7. The Labute approximate surface area is 167 Å². The Hall–Kier alpha value is -1.79. The molecule has 4 nitrogen and oxygen atoms in total. The average Bonchev–Trinajstić information content (AvgIpc) is 3.22. The molecule has 0 saturated carbocycles. The van der Waals surface area contributed by atoms with Crippen LogP contribution >= 0.6 is 23.1 Å². The highest BCUT2D eigenvalue weighted by Crippen LogP contribution is 2.36. The number of hydrogen-bond acceptors (Lipinski definition) is 5. The molecule has 0 unspecified atom stereocenters. The highest BCUT2D eigenvalue weighted by molar-refractivity contribution is 7.99. The number of fused-ring (bicyclic) bond motifs is 3. The summed E-state index contributed by atoms with van der Waals surface area (Å²) in [5.74, 6) is 2.28. The molecule has 0 aliphatic heterocycles. The molecule has 3 aromatic rings. The summed E-state index contributed by atoms with van der Waals surface area (Å²) < 4.78 is 7.34. The van der Waals surface area contributed by atoms with Gasteiger partial charge in [0, 0.05) is 10.6 Å². The van der Waals surface area contributed by atoms with Gasteiger partial charge < -0.3 is 4.74 Å².